The molecular formula is C25H44O. The van der Waals surface area contributed by atoms with E-state index in [4.69, 9.17) is 0 Å². The van der Waals surface area contributed by atoms with Gasteiger partial charge in [0.05, 0.1) is 0 Å². The first-order chi connectivity index (χ1) is 12.7. The van der Waals surface area contributed by atoms with E-state index in [9.17, 15) is 5.11 Å². The third-order valence-electron chi connectivity index (χ3n) is 5.51. The van der Waals surface area contributed by atoms with E-state index in [1.54, 1.807) is 0 Å². The fraction of sp³-hybridized carbons (Fsp3) is 0.760. The maximum absolute atomic E-state index is 10.7. The highest BCUT2D eigenvalue weighted by Crippen LogP contribution is 2.28. The number of hydrogen-bond donors (Lipinski definition) is 1. The Balaban J connectivity index is 2.32. The highest BCUT2D eigenvalue weighted by atomic mass is 16.3. The number of unbranched alkanes of at least 4 members (excludes halogenated alkanes) is 12. The maximum Gasteiger partial charge on any atom is 0.121 e. The van der Waals surface area contributed by atoms with Gasteiger partial charge in [0, 0.05) is 0 Å². The Labute approximate surface area is 163 Å². The van der Waals surface area contributed by atoms with Crippen molar-refractivity contribution in [1.29, 1.82) is 0 Å². The molecule has 0 heterocycles. The molecule has 0 aromatic heterocycles. The topological polar surface area (TPSA) is 20.2 Å². The average molecular weight is 361 g/mol. The molecule has 0 atom stereocenters. The van der Waals surface area contributed by atoms with Crippen molar-refractivity contribution in [3.05, 3.63) is 28.8 Å². The van der Waals surface area contributed by atoms with Gasteiger partial charge in [0.25, 0.3) is 0 Å². The minimum atomic E-state index is 0.590. The lowest BCUT2D eigenvalue weighted by Gasteiger charge is -2.12. The Morgan fingerprint density at radius 3 is 1.31 bits per heavy atom. The van der Waals surface area contributed by atoms with E-state index < -0.39 is 0 Å². The summed E-state index contributed by atoms with van der Waals surface area (Å²) in [7, 11) is 0. The van der Waals surface area contributed by atoms with Crippen LogP contribution >= 0.6 is 0 Å². The van der Waals surface area contributed by atoms with E-state index in [0.29, 0.717) is 5.75 Å². The third-order valence-corrected chi connectivity index (χ3v) is 5.51. The zero-order valence-corrected chi connectivity index (χ0v) is 17.9. The highest BCUT2D eigenvalue weighted by Gasteiger charge is 2.09. The molecule has 0 bridgehead atoms. The Bertz CT molecular complexity index is 424. The van der Waals surface area contributed by atoms with Gasteiger partial charge in [0.2, 0.25) is 0 Å². The van der Waals surface area contributed by atoms with Crippen LogP contribution in [0.1, 0.15) is 120 Å². The molecule has 0 radical (unpaired) electrons. The highest BCUT2D eigenvalue weighted by molar-refractivity contribution is 5.43. The molecule has 0 aliphatic carbocycles. The minimum absolute atomic E-state index is 0.590. The standard InChI is InChI=1S/C25H44O/c1-4-6-8-10-12-14-16-18-23-20-22(3)21-24(25(23)26)19-17-15-13-11-9-7-5-2/h20-21,26H,4-19H2,1-3H3. The van der Waals surface area contributed by atoms with Gasteiger partial charge in [-0.2, -0.15) is 0 Å². The summed E-state index contributed by atoms with van der Waals surface area (Å²) in [6.45, 7) is 6.71. The Hall–Kier alpha value is -0.980. The molecule has 0 amide bonds. The van der Waals surface area contributed by atoms with Crippen LogP contribution in [0.25, 0.3) is 0 Å². The molecule has 1 heteroatoms. The Kier molecular flexibility index (Phi) is 13.4. The normalized spacial score (nSPS) is 11.2. The lowest BCUT2D eigenvalue weighted by molar-refractivity contribution is 0.456. The molecule has 1 rings (SSSR count). The number of phenols is 1. The van der Waals surface area contributed by atoms with E-state index in [-0.39, 0.29) is 0 Å². The SMILES string of the molecule is CCCCCCCCCc1cc(C)cc(CCCCCCCCC)c1O. The summed E-state index contributed by atoms with van der Waals surface area (Å²) < 4.78 is 0. The van der Waals surface area contributed by atoms with Crippen LogP contribution in [0.15, 0.2) is 12.1 Å². The fourth-order valence-corrected chi connectivity index (χ4v) is 3.86. The summed E-state index contributed by atoms with van der Waals surface area (Å²) >= 11 is 0. The van der Waals surface area contributed by atoms with Gasteiger partial charge in [-0.3, -0.25) is 0 Å². The van der Waals surface area contributed by atoms with Crippen molar-refractivity contribution in [2.75, 3.05) is 0 Å². The van der Waals surface area contributed by atoms with Crippen molar-refractivity contribution in [2.24, 2.45) is 0 Å². The fourth-order valence-electron chi connectivity index (χ4n) is 3.86. The van der Waals surface area contributed by atoms with Crippen molar-refractivity contribution in [3.8, 4) is 5.75 Å². The average Bonchev–Trinajstić information content (AvgIpc) is 2.63. The van der Waals surface area contributed by atoms with Crippen LogP contribution in [0.2, 0.25) is 0 Å². The molecule has 0 saturated heterocycles. The first kappa shape index (κ1) is 23.1. The zero-order chi connectivity index (χ0) is 19.0. The molecular weight excluding hydrogens is 316 g/mol. The van der Waals surface area contributed by atoms with E-state index in [0.717, 1.165) is 12.8 Å². The molecule has 1 aromatic rings. The lowest BCUT2D eigenvalue weighted by Crippen LogP contribution is -1.95. The van der Waals surface area contributed by atoms with Crippen LogP contribution in [0.3, 0.4) is 0 Å². The molecule has 150 valence electrons. The Morgan fingerprint density at radius 1 is 0.577 bits per heavy atom. The second kappa shape index (κ2) is 15.1. The molecule has 0 unspecified atom stereocenters. The summed E-state index contributed by atoms with van der Waals surface area (Å²) in [6.07, 6.45) is 20.7. The maximum atomic E-state index is 10.7. The first-order valence-electron chi connectivity index (χ1n) is 11.5. The Morgan fingerprint density at radius 2 is 0.923 bits per heavy atom. The number of aryl methyl sites for hydroxylation is 3. The number of phenolic OH excluding ortho intramolecular Hbond substituents is 1. The van der Waals surface area contributed by atoms with Gasteiger partial charge in [-0.25, -0.2) is 0 Å². The summed E-state index contributed by atoms with van der Waals surface area (Å²) in [6, 6.07) is 4.39. The van der Waals surface area contributed by atoms with Gasteiger partial charge in [-0.1, -0.05) is 109 Å². The summed E-state index contributed by atoms with van der Waals surface area (Å²) in [5.74, 6) is 0.590. The van der Waals surface area contributed by atoms with Crippen molar-refractivity contribution in [3.63, 3.8) is 0 Å². The van der Waals surface area contributed by atoms with Crippen LogP contribution < -0.4 is 0 Å². The molecule has 26 heavy (non-hydrogen) atoms. The summed E-state index contributed by atoms with van der Waals surface area (Å²) in [5.41, 5.74) is 3.66. The summed E-state index contributed by atoms with van der Waals surface area (Å²) in [5, 5.41) is 10.7. The van der Waals surface area contributed by atoms with Crippen LogP contribution in [0.5, 0.6) is 5.75 Å². The van der Waals surface area contributed by atoms with Gasteiger partial charge in [0.1, 0.15) is 5.75 Å². The van der Waals surface area contributed by atoms with Gasteiger partial charge in [0.15, 0.2) is 0 Å². The largest absolute Gasteiger partial charge is 0.507 e. The van der Waals surface area contributed by atoms with Crippen LogP contribution in [0.4, 0.5) is 0 Å². The molecule has 1 N–H and O–H groups in total. The monoisotopic (exact) mass is 360 g/mol. The quantitative estimate of drug-likeness (QED) is 0.294. The number of rotatable bonds is 16. The number of benzene rings is 1. The predicted molar refractivity (Wildman–Crippen MR) is 116 cm³/mol. The predicted octanol–water partition coefficient (Wildman–Crippen LogP) is 8.29. The minimum Gasteiger partial charge on any atom is -0.507 e. The first-order valence-corrected chi connectivity index (χ1v) is 11.5. The van der Waals surface area contributed by atoms with Gasteiger partial charge < -0.3 is 5.11 Å². The van der Waals surface area contributed by atoms with Crippen molar-refractivity contribution < 1.29 is 5.11 Å². The third kappa shape index (κ3) is 10.2. The number of hydrogen-bond acceptors (Lipinski definition) is 1. The van der Waals surface area contributed by atoms with Crippen LogP contribution in [0, 0.1) is 6.92 Å². The zero-order valence-electron chi connectivity index (χ0n) is 17.9. The molecule has 0 saturated carbocycles. The van der Waals surface area contributed by atoms with Crippen molar-refractivity contribution in [2.45, 2.75) is 124 Å². The molecule has 0 aliphatic heterocycles. The molecule has 0 spiro atoms. The number of aromatic hydroxyl groups is 1. The molecule has 1 aromatic carbocycles. The van der Waals surface area contributed by atoms with Crippen molar-refractivity contribution in [1.82, 2.24) is 0 Å². The van der Waals surface area contributed by atoms with E-state index in [2.05, 4.69) is 32.9 Å². The second-order valence-corrected chi connectivity index (χ2v) is 8.17. The van der Waals surface area contributed by atoms with Gasteiger partial charge in [-0.15, -0.1) is 0 Å². The lowest BCUT2D eigenvalue weighted by atomic mass is 9.96. The second-order valence-electron chi connectivity index (χ2n) is 8.17. The molecule has 0 fully saturated rings. The van der Waals surface area contributed by atoms with E-state index >= 15 is 0 Å². The molecule has 1 nitrogen and oxygen atoms in total. The van der Waals surface area contributed by atoms with Crippen LogP contribution in [-0.4, -0.2) is 5.11 Å². The van der Waals surface area contributed by atoms with Crippen molar-refractivity contribution >= 4 is 0 Å². The van der Waals surface area contributed by atoms with E-state index in [1.807, 2.05) is 0 Å². The molecule has 0 aliphatic rings. The smallest absolute Gasteiger partial charge is 0.121 e. The van der Waals surface area contributed by atoms with E-state index in [1.165, 1.54) is 107 Å². The van der Waals surface area contributed by atoms with Gasteiger partial charge in [-0.05, 0) is 43.7 Å². The summed E-state index contributed by atoms with van der Waals surface area (Å²) in [4.78, 5) is 0. The van der Waals surface area contributed by atoms with Gasteiger partial charge >= 0.3 is 0 Å². The van der Waals surface area contributed by atoms with Crippen LogP contribution in [-0.2, 0) is 12.8 Å².